The second kappa shape index (κ2) is 7.15. The molecule has 32 heavy (non-hydrogen) atoms. The predicted molar refractivity (Wildman–Crippen MR) is 125 cm³/mol. The first kappa shape index (κ1) is 20.7. The molecule has 0 saturated carbocycles. The van der Waals surface area contributed by atoms with Gasteiger partial charge in [0, 0.05) is 55.4 Å². The zero-order valence-electron chi connectivity index (χ0n) is 19.4. The number of nitrogens with zero attached hydrogens (tertiary/aromatic N) is 5. The summed E-state index contributed by atoms with van der Waals surface area (Å²) in [5.74, 6) is 1.08. The number of Topliss-reactive ketones (excluding diaryl/α,β-unsaturated/α-hetero) is 1. The number of ketones is 1. The SMILES string of the molecule is CCC1(c2cccc(N(C)c3nccn3C)c2)C2=CN=NC2NC2=C1C(=O)CC(C)(C)C2. The molecule has 1 aromatic heterocycles. The van der Waals surface area contributed by atoms with Gasteiger partial charge in [0.2, 0.25) is 5.95 Å². The highest BCUT2D eigenvalue weighted by atomic mass is 16.1. The Morgan fingerprint density at radius 2 is 2.09 bits per heavy atom. The molecule has 0 spiro atoms. The van der Waals surface area contributed by atoms with E-state index in [4.69, 9.17) is 0 Å². The summed E-state index contributed by atoms with van der Waals surface area (Å²) in [6.45, 7) is 6.48. The Morgan fingerprint density at radius 1 is 1.28 bits per heavy atom. The third-order valence-corrected chi connectivity index (χ3v) is 7.13. The van der Waals surface area contributed by atoms with Crippen LogP contribution in [0, 0.1) is 5.41 Å². The molecule has 166 valence electrons. The molecular weight excluding hydrogens is 400 g/mol. The molecule has 7 nitrogen and oxygen atoms in total. The smallest absolute Gasteiger partial charge is 0.209 e. The molecule has 0 fully saturated rings. The third-order valence-electron chi connectivity index (χ3n) is 7.13. The summed E-state index contributed by atoms with van der Waals surface area (Å²) in [4.78, 5) is 20.2. The van der Waals surface area contributed by atoms with Crippen LogP contribution in [0.25, 0.3) is 0 Å². The van der Waals surface area contributed by atoms with Crippen molar-refractivity contribution in [3.8, 4) is 0 Å². The van der Waals surface area contributed by atoms with Gasteiger partial charge in [0.1, 0.15) is 0 Å². The molecule has 3 aliphatic rings. The minimum atomic E-state index is -0.541. The molecule has 0 radical (unpaired) electrons. The van der Waals surface area contributed by atoms with Crippen LogP contribution in [0.4, 0.5) is 11.6 Å². The van der Waals surface area contributed by atoms with Crippen LogP contribution < -0.4 is 10.2 Å². The lowest BCUT2D eigenvalue weighted by Crippen LogP contribution is -2.51. The van der Waals surface area contributed by atoms with E-state index < -0.39 is 5.41 Å². The second-order valence-electron chi connectivity index (χ2n) is 9.86. The van der Waals surface area contributed by atoms with Gasteiger partial charge < -0.3 is 14.8 Å². The molecule has 2 aliphatic heterocycles. The fraction of sp³-hybridized carbons (Fsp3) is 0.440. The van der Waals surface area contributed by atoms with E-state index in [1.54, 1.807) is 6.20 Å². The summed E-state index contributed by atoms with van der Waals surface area (Å²) in [5, 5.41) is 12.3. The van der Waals surface area contributed by atoms with Crippen molar-refractivity contribution in [2.75, 3.05) is 11.9 Å². The molecule has 0 saturated heterocycles. The number of aryl methyl sites for hydroxylation is 1. The number of benzene rings is 1. The van der Waals surface area contributed by atoms with Crippen LogP contribution in [0.3, 0.4) is 0 Å². The zero-order valence-corrected chi connectivity index (χ0v) is 19.4. The fourth-order valence-corrected chi connectivity index (χ4v) is 5.67. The Bertz CT molecular complexity index is 1190. The number of carbonyl (C=O) groups is 1. The minimum absolute atomic E-state index is 0.0698. The average Bonchev–Trinajstić information content (AvgIpc) is 3.39. The third kappa shape index (κ3) is 2.94. The summed E-state index contributed by atoms with van der Waals surface area (Å²) < 4.78 is 1.99. The van der Waals surface area contributed by atoms with Gasteiger partial charge in [-0.1, -0.05) is 32.9 Å². The number of anilines is 2. The van der Waals surface area contributed by atoms with Crippen molar-refractivity contribution in [3.63, 3.8) is 0 Å². The van der Waals surface area contributed by atoms with E-state index in [2.05, 4.69) is 70.5 Å². The standard InChI is InChI=1S/C25H30N6O/c1-6-25(16-8-7-9-17(12-16)31(5)23-26-10-11-30(23)4)18-15-27-29-22(18)28-19-13-24(2,3)14-20(32)21(19)25/h7-12,15,22,28H,6,13-14H2,1-5H3. The number of rotatable bonds is 4. The van der Waals surface area contributed by atoms with Crippen LogP contribution in [0.5, 0.6) is 0 Å². The maximum Gasteiger partial charge on any atom is 0.209 e. The normalized spacial score (nSPS) is 25.8. The fourth-order valence-electron chi connectivity index (χ4n) is 5.67. The van der Waals surface area contributed by atoms with Crippen molar-refractivity contribution in [1.29, 1.82) is 0 Å². The van der Waals surface area contributed by atoms with Gasteiger partial charge in [-0.05, 0) is 36.0 Å². The molecule has 3 heterocycles. The number of fused-ring (bicyclic) bond motifs is 1. The molecule has 0 amide bonds. The summed E-state index contributed by atoms with van der Waals surface area (Å²) in [7, 11) is 4.00. The number of allylic oxidation sites excluding steroid dienone is 2. The number of aromatic nitrogens is 2. The number of hydrogen-bond acceptors (Lipinski definition) is 6. The highest BCUT2D eigenvalue weighted by Crippen LogP contribution is 2.54. The topological polar surface area (TPSA) is 74.9 Å². The van der Waals surface area contributed by atoms with Crippen LogP contribution >= 0.6 is 0 Å². The van der Waals surface area contributed by atoms with Gasteiger partial charge in [-0.2, -0.15) is 10.2 Å². The van der Waals surface area contributed by atoms with Gasteiger partial charge in [-0.15, -0.1) is 0 Å². The molecule has 2 atom stereocenters. The van der Waals surface area contributed by atoms with E-state index in [-0.39, 0.29) is 17.4 Å². The molecule has 1 aliphatic carbocycles. The lowest BCUT2D eigenvalue weighted by Gasteiger charge is -2.48. The quantitative estimate of drug-likeness (QED) is 0.759. The molecule has 1 N–H and O–H groups in total. The number of nitrogens with one attached hydrogen (secondary N) is 1. The molecule has 2 unspecified atom stereocenters. The van der Waals surface area contributed by atoms with E-state index in [1.165, 1.54) is 0 Å². The van der Waals surface area contributed by atoms with Crippen LogP contribution in [0.1, 0.15) is 45.6 Å². The summed E-state index contributed by atoms with van der Waals surface area (Å²) in [5.41, 5.74) is 4.50. The Morgan fingerprint density at radius 3 is 2.81 bits per heavy atom. The zero-order chi connectivity index (χ0) is 22.7. The van der Waals surface area contributed by atoms with E-state index in [1.807, 2.05) is 31.1 Å². The lowest BCUT2D eigenvalue weighted by atomic mass is 9.59. The van der Waals surface area contributed by atoms with Gasteiger partial charge in [0.25, 0.3) is 0 Å². The van der Waals surface area contributed by atoms with E-state index >= 15 is 0 Å². The molecule has 5 rings (SSSR count). The Labute approximate surface area is 188 Å². The first-order chi connectivity index (χ1) is 15.3. The average molecular weight is 431 g/mol. The largest absolute Gasteiger partial charge is 0.362 e. The summed E-state index contributed by atoms with van der Waals surface area (Å²) >= 11 is 0. The maximum atomic E-state index is 13.6. The summed E-state index contributed by atoms with van der Waals surface area (Å²) in [6, 6.07) is 8.48. The van der Waals surface area contributed by atoms with Crippen molar-refractivity contribution in [2.24, 2.45) is 22.7 Å². The first-order valence-electron chi connectivity index (χ1n) is 11.2. The molecule has 2 aromatic rings. The van der Waals surface area contributed by atoms with Crippen molar-refractivity contribution in [3.05, 3.63) is 65.3 Å². The summed E-state index contributed by atoms with van der Waals surface area (Å²) in [6.07, 6.45) is 7.52. The Kier molecular flexibility index (Phi) is 4.62. The minimum Gasteiger partial charge on any atom is -0.362 e. The maximum absolute atomic E-state index is 13.6. The van der Waals surface area contributed by atoms with Gasteiger partial charge in [-0.25, -0.2) is 4.98 Å². The predicted octanol–water partition coefficient (Wildman–Crippen LogP) is 4.76. The number of carbonyl (C=O) groups excluding carboxylic acids is 1. The van der Waals surface area contributed by atoms with Crippen molar-refractivity contribution in [2.45, 2.75) is 51.6 Å². The second-order valence-corrected chi connectivity index (χ2v) is 9.86. The Balaban J connectivity index is 1.69. The highest BCUT2D eigenvalue weighted by molar-refractivity contribution is 6.01. The van der Waals surface area contributed by atoms with Crippen LogP contribution in [0.15, 0.2) is 69.9 Å². The van der Waals surface area contributed by atoms with Crippen molar-refractivity contribution >= 4 is 17.4 Å². The molecule has 1 aromatic carbocycles. The van der Waals surface area contributed by atoms with Gasteiger partial charge in [-0.3, -0.25) is 4.79 Å². The molecule has 7 heteroatoms. The number of azo groups is 1. The van der Waals surface area contributed by atoms with E-state index in [0.717, 1.165) is 46.9 Å². The molecule has 0 bridgehead atoms. The van der Waals surface area contributed by atoms with Crippen LogP contribution in [0.2, 0.25) is 0 Å². The van der Waals surface area contributed by atoms with Gasteiger partial charge >= 0.3 is 0 Å². The van der Waals surface area contributed by atoms with Crippen molar-refractivity contribution < 1.29 is 4.79 Å². The van der Waals surface area contributed by atoms with Crippen LogP contribution in [-0.4, -0.2) is 28.5 Å². The molecular formula is C25H30N6O. The van der Waals surface area contributed by atoms with Gasteiger partial charge in [0.15, 0.2) is 11.9 Å². The number of hydrogen-bond donors (Lipinski definition) is 1. The van der Waals surface area contributed by atoms with E-state index in [0.29, 0.717) is 6.42 Å². The number of imidazole rings is 1. The van der Waals surface area contributed by atoms with Crippen molar-refractivity contribution in [1.82, 2.24) is 14.9 Å². The van der Waals surface area contributed by atoms with Crippen LogP contribution in [-0.2, 0) is 17.3 Å². The van der Waals surface area contributed by atoms with E-state index in [9.17, 15) is 4.79 Å². The monoisotopic (exact) mass is 430 g/mol. The first-order valence-corrected chi connectivity index (χ1v) is 11.2. The van der Waals surface area contributed by atoms with Gasteiger partial charge in [0.05, 0.1) is 11.6 Å². The highest BCUT2D eigenvalue weighted by Gasteiger charge is 2.53. The lowest BCUT2D eigenvalue weighted by molar-refractivity contribution is -0.119. The Hall–Kier alpha value is -3.22.